The van der Waals surface area contributed by atoms with Crippen LogP contribution in [0.4, 0.5) is 4.39 Å². The smallest absolute Gasteiger partial charge is 0.247 e. The Labute approximate surface area is 194 Å². The number of benzene rings is 2. The average Bonchev–Trinajstić information content (AvgIpc) is 3.55. The van der Waals surface area contributed by atoms with Gasteiger partial charge in [-0.25, -0.2) is 4.39 Å². The highest BCUT2D eigenvalue weighted by Gasteiger charge is 2.28. The van der Waals surface area contributed by atoms with Crippen molar-refractivity contribution in [2.45, 2.75) is 49.1 Å². The maximum absolute atomic E-state index is 13.2. The molecular formula is C23H21ClFN5OS. The Morgan fingerprint density at radius 3 is 2.53 bits per heavy atom. The molecule has 0 spiro atoms. The summed E-state index contributed by atoms with van der Waals surface area (Å²) >= 11 is 8.01. The summed E-state index contributed by atoms with van der Waals surface area (Å²) in [5, 5.41) is 18.7. The standard InChI is InChI=1S/C23H21ClFN5OS/c1-14(21-27-28-22(31-21)15-10-12-16(25)13-11-15)32-23-29-26-20(18-8-4-5-9-19(18)24)30(23)17-6-2-3-7-17/h4-5,8-14,17H,2-3,6-7H2,1H3. The molecule has 1 unspecified atom stereocenters. The van der Waals surface area contributed by atoms with E-state index in [0.717, 1.165) is 29.4 Å². The minimum absolute atomic E-state index is 0.139. The molecule has 0 aliphatic heterocycles. The SMILES string of the molecule is CC(Sc1nnc(-c2ccccc2Cl)n1C1CCCC1)c1nnc(-c2ccc(F)cc2)o1. The summed E-state index contributed by atoms with van der Waals surface area (Å²) in [6.07, 6.45) is 4.56. The monoisotopic (exact) mass is 469 g/mol. The number of hydrogen-bond acceptors (Lipinski definition) is 6. The Morgan fingerprint density at radius 1 is 1.03 bits per heavy atom. The van der Waals surface area contributed by atoms with E-state index in [9.17, 15) is 4.39 Å². The van der Waals surface area contributed by atoms with E-state index in [-0.39, 0.29) is 11.1 Å². The van der Waals surface area contributed by atoms with E-state index in [2.05, 4.69) is 25.0 Å². The average molecular weight is 470 g/mol. The van der Waals surface area contributed by atoms with Gasteiger partial charge < -0.3 is 4.42 Å². The van der Waals surface area contributed by atoms with Crippen LogP contribution in [-0.4, -0.2) is 25.0 Å². The molecule has 1 saturated carbocycles. The summed E-state index contributed by atoms with van der Waals surface area (Å²) in [7, 11) is 0. The third-order valence-electron chi connectivity index (χ3n) is 5.63. The van der Waals surface area contributed by atoms with Crippen molar-refractivity contribution in [2.75, 3.05) is 0 Å². The molecule has 2 aromatic heterocycles. The molecule has 0 bridgehead atoms. The van der Waals surface area contributed by atoms with Gasteiger partial charge in [0.1, 0.15) is 5.82 Å². The molecule has 1 fully saturated rings. The molecule has 164 valence electrons. The fourth-order valence-electron chi connectivity index (χ4n) is 3.99. The van der Waals surface area contributed by atoms with Gasteiger partial charge in [0.05, 0.1) is 10.3 Å². The second-order valence-corrected chi connectivity index (χ2v) is 9.52. The van der Waals surface area contributed by atoms with Crippen LogP contribution in [0.1, 0.15) is 49.8 Å². The van der Waals surface area contributed by atoms with Crippen LogP contribution in [0.15, 0.2) is 58.1 Å². The Bertz CT molecular complexity index is 1220. The molecular weight excluding hydrogens is 449 g/mol. The molecule has 0 amide bonds. The van der Waals surface area contributed by atoms with Crippen molar-refractivity contribution in [2.24, 2.45) is 0 Å². The van der Waals surface area contributed by atoms with E-state index in [1.54, 1.807) is 12.1 Å². The van der Waals surface area contributed by atoms with E-state index >= 15 is 0 Å². The summed E-state index contributed by atoms with van der Waals surface area (Å²) in [5.41, 5.74) is 1.56. The zero-order valence-corrected chi connectivity index (χ0v) is 19.0. The second kappa shape index (κ2) is 9.03. The Balaban J connectivity index is 1.44. The predicted octanol–water partition coefficient (Wildman–Crippen LogP) is 6.76. The largest absolute Gasteiger partial charge is 0.419 e. The first-order valence-electron chi connectivity index (χ1n) is 10.6. The Hall–Kier alpha value is -2.71. The first-order chi connectivity index (χ1) is 15.6. The molecule has 0 saturated heterocycles. The maximum atomic E-state index is 13.2. The zero-order valence-electron chi connectivity index (χ0n) is 17.4. The number of rotatable bonds is 6. The lowest BCUT2D eigenvalue weighted by molar-refractivity contribution is 0.482. The molecule has 9 heteroatoms. The molecule has 1 aliphatic carbocycles. The van der Waals surface area contributed by atoms with Crippen LogP contribution in [0.3, 0.4) is 0 Å². The number of nitrogens with zero attached hydrogens (tertiary/aromatic N) is 5. The summed E-state index contributed by atoms with van der Waals surface area (Å²) < 4.78 is 21.3. The van der Waals surface area contributed by atoms with E-state index in [4.69, 9.17) is 16.0 Å². The lowest BCUT2D eigenvalue weighted by Gasteiger charge is -2.18. The van der Waals surface area contributed by atoms with Gasteiger partial charge in [-0.3, -0.25) is 4.57 Å². The maximum Gasteiger partial charge on any atom is 0.247 e. The Kier molecular flexibility index (Phi) is 5.97. The summed E-state index contributed by atoms with van der Waals surface area (Å²) in [5.74, 6) is 1.32. The van der Waals surface area contributed by atoms with Gasteiger partial charge in [0.2, 0.25) is 11.8 Å². The molecule has 32 heavy (non-hydrogen) atoms. The molecule has 6 nitrogen and oxygen atoms in total. The minimum Gasteiger partial charge on any atom is -0.419 e. The molecule has 2 heterocycles. The molecule has 5 rings (SSSR count). The lowest BCUT2D eigenvalue weighted by atomic mass is 10.2. The van der Waals surface area contributed by atoms with Crippen molar-refractivity contribution in [3.05, 3.63) is 65.3 Å². The molecule has 1 atom stereocenters. The van der Waals surface area contributed by atoms with Crippen LogP contribution in [-0.2, 0) is 0 Å². The van der Waals surface area contributed by atoms with Gasteiger partial charge in [0, 0.05) is 17.2 Å². The normalized spacial score (nSPS) is 15.3. The fourth-order valence-corrected chi connectivity index (χ4v) is 5.16. The predicted molar refractivity (Wildman–Crippen MR) is 122 cm³/mol. The van der Waals surface area contributed by atoms with Crippen molar-refractivity contribution >= 4 is 23.4 Å². The van der Waals surface area contributed by atoms with Gasteiger partial charge in [-0.15, -0.1) is 20.4 Å². The van der Waals surface area contributed by atoms with Gasteiger partial charge in [0.15, 0.2) is 11.0 Å². The van der Waals surface area contributed by atoms with Crippen LogP contribution in [0.2, 0.25) is 5.02 Å². The number of halogens is 2. The number of aromatic nitrogens is 5. The molecule has 4 aromatic rings. The van der Waals surface area contributed by atoms with Crippen LogP contribution < -0.4 is 0 Å². The first kappa shape index (κ1) is 21.2. The molecule has 1 aliphatic rings. The minimum atomic E-state index is -0.307. The summed E-state index contributed by atoms with van der Waals surface area (Å²) in [6.45, 7) is 2.00. The van der Waals surface area contributed by atoms with E-state index < -0.39 is 0 Å². The van der Waals surface area contributed by atoms with Gasteiger partial charge in [-0.05, 0) is 56.2 Å². The molecule has 0 N–H and O–H groups in total. The van der Waals surface area contributed by atoms with Crippen LogP contribution >= 0.6 is 23.4 Å². The quantitative estimate of drug-likeness (QED) is 0.291. The summed E-state index contributed by atoms with van der Waals surface area (Å²) in [6, 6.07) is 14.0. The van der Waals surface area contributed by atoms with Crippen LogP contribution in [0.5, 0.6) is 0 Å². The van der Waals surface area contributed by atoms with Crippen molar-refractivity contribution in [1.82, 2.24) is 25.0 Å². The van der Waals surface area contributed by atoms with Crippen molar-refractivity contribution in [3.63, 3.8) is 0 Å². The first-order valence-corrected chi connectivity index (χ1v) is 11.8. The van der Waals surface area contributed by atoms with E-state index in [0.29, 0.717) is 28.4 Å². The number of hydrogen-bond donors (Lipinski definition) is 0. The van der Waals surface area contributed by atoms with Crippen molar-refractivity contribution in [1.29, 1.82) is 0 Å². The third-order valence-corrected chi connectivity index (χ3v) is 7.00. The van der Waals surface area contributed by atoms with Crippen molar-refractivity contribution in [3.8, 4) is 22.8 Å². The van der Waals surface area contributed by atoms with E-state index in [1.165, 1.54) is 36.7 Å². The lowest BCUT2D eigenvalue weighted by Crippen LogP contribution is -2.09. The fraction of sp³-hybridized carbons (Fsp3) is 0.304. The van der Waals surface area contributed by atoms with Gasteiger partial charge in [-0.1, -0.05) is 48.3 Å². The third kappa shape index (κ3) is 4.17. The topological polar surface area (TPSA) is 69.6 Å². The van der Waals surface area contributed by atoms with Crippen LogP contribution in [0.25, 0.3) is 22.8 Å². The second-order valence-electron chi connectivity index (χ2n) is 7.81. The highest BCUT2D eigenvalue weighted by molar-refractivity contribution is 7.99. The summed E-state index contributed by atoms with van der Waals surface area (Å²) in [4.78, 5) is 0. The van der Waals surface area contributed by atoms with Gasteiger partial charge in [0.25, 0.3) is 0 Å². The molecule has 0 radical (unpaired) electrons. The highest BCUT2D eigenvalue weighted by atomic mass is 35.5. The highest BCUT2D eigenvalue weighted by Crippen LogP contribution is 2.41. The van der Waals surface area contributed by atoms with Crippen LogP contribution in [0, 0.1) is 5.82 Å². The van der Waals surface area contributed by atoms with Gasteiger partial charge in [-0.2, -0.15) is 0 Å². The van der Waals surface area contributed by atoms with Gasteiger partial charge >= 0.3 is 0 Å². The Morgan fingerprint density at radius 2 is 1.78 bits per heavy atom. The zero-order chi connectivity index (χ0) is 22.1. The van der Waals surface area contributed by atoms with E-state index in [1.807, 2.05) is 31.2 Å². The van der Waals surface area contributed by atoms with Crippen molar-refractivity contribution < 1.29 is 8.81 Å². The molecule has 2 aromatic carbocycles. The number of thioether (sulfide) groups is 1.